The van der Waals surface area contributed by atoms with Gasteiger partial charge in [0.25, 0.3) is 0 Å². The van der Waals surface area contributed by atoms with Crippen molar-refractivity contribution in [2.75, 3.05) is 5.73 Å². The van der Waals surface area contributed by atoms with Gasteiger partial charge < -0.3 is 10.3 Å². The zero-order valence-corrected chi connectivity index (χ0v) is 10.6. The van der Waals surface area contributed by atoms with E-state index in [2.05, 4.69) is 10.1 Å². The van der Waals surface area contributed by atoms with Crippen LogP contribution in [0.3, 0.4) is 0 Å². The van der Waals surface area contributed by atoms with E-state index in [9.17, 15) is 0 Å². The van der Waals surface area contributed by atoms with Gasteiger partial charge in [0, 0.05) is 22.3 Å². The van der Waals surface area contributed by atoms with E-state index in [1.807, 2.05) is 36.6 Å². The first-order chi connectivity index (χ1) is 8.75. The lowest BCUT2D eigenvalue weighted by atomic mass is 10.1. The Balaban J connectivity index is 2.20. The molecule has 0 spiro atoms. The monoisotopic (exact) mass is 257 g/mol. The van der Waals surface area contributed by atoms with Gasteiger partial charge in [0.15, 0.2) is 11.6 Å². The van der Waals surface area contributed by atoms with E-state index in [1.54, 1.807) is 17.5 Å². The van der Waals surface area contributed by atoms with Crippen LogP contribution in [0.4, 0.5) is 5.82 Å². The van der Waals surface area contributed by atoms with Crippen LogP contribution in [-0.2, 0) is 0 Å². The summed E-state index contributed by atoms with van der Waals surface area (Å²) in [6.07, 6.45) is 1.75. The highest BCUT2D eigenvalue weighted by atomic mass is 32.1. The number of anilines is 1. The minimum atomic E-state index is 0.418. The lowest BCUT2D eigenvalue weighted by molar-refractivity contribution is 0.436. The molecule has 0 unspecified atom stereocenters. The van der Waals surface area contributed by atoms with Crippen molar-refractivity contribution in [1.82, 2.24) is 10.1 Å². The summed E-state index contributed by atoms with van der Waals surface area (Å²) >= 11 is 1.61. The molecule has 0 amide bonds. The molecule has 0 radical (unpaired) electrons. The summed E-state index contributed by atoms with van der Waals surface area (Å²) in [5, 5.41) is 5.87. The van der Waals surface area contributed by atoms with Gasteiger partial charge in [-0.05, 0) is 30.5 Å². The number of nitrogens with two attached hydrogens (primary N) is 1. The third-order valence-electron chi connectivity index (χ3n) is 2.64. The van der Waals surface area contributed by atoms with Crippen molar-refractivity contribution in [3.63, 3.8) is 0 Å². The summed E-state index contributed by atoms with van der Waals surface area (Å²) in [6.45, 7) is 1.94. The largest absolute Gasteiger partial charge is 0.380 e. The van der Waals surface area contributed by atoms with Crippen LogP contribution in [-0.4, -0.2) is 10.1 Å². The smallest absolute Gasteiger partial charge is 0.177 e. The van der Waals surface area contributed by atoms with E-state index in [0.29, 0.717) is 11.6 Å². The highest BCUT2D eigenvalue weighted by molar-refractivity contribution is 7.13. The first-order valence-corrected chi connectivity index (χ1v) is 6.35. The Morgan fingerprint density at radius 1 is 1.33 bits per heavy atom. The topological polar surface area (TPSA) is 64.9 Å². The van der Waals surface area contributed by atoms with E-state index in [1.165, 1.54) is 0 Å². The summed E-state index contributed by atoms with van der Waals surface area (Å²) in [4.78, 5) is 5.23. The summed E-state index contributed by atoms with van der Waals surface area (Å²) in [5.41, 5.74) is 8.62. The van der Waals surface area contributed by atoms with Crippen molar-refractivity contribution in [2.45, 2.75) is 6.92 Å². The zero-order chi connectivity index (χ0) is 12.5. The molecule has 0 bridgehead atoms. The summed E-state index contributed by atoms with van der Waals surface area (Å²) in [5.74, 6) is 1.11. The summed E-state index contributed by atoms with van der Waals surface area (Å²) < 4.78 is 5.36. The van der Waals surface area contributed by atoms with Gasteiger partial charge in [-0.25, -0.2) is 0 Å². The second-order valence-corrected chi connectivity index (χ2v) is 4.88. The molecule has 18 heavy (non-hydrogen) atoms. The molecule has 3 aromatic rings. The molecule has 3 aromatic heterocycles. The molecule has 0 aliphatic heterocycles. The van der Waals surface area contributed by atoms with Gasteiger partial charge in [0.2, 0.25) is 0 Å². The first kappa shape index (κ1) is 11.0. The van der Waals surface area contributed by atoms with E-state index < -0.39 is 0 Å². The molecule has 4 nitrogen and oxygen atoms in total. The SMILES string of the molecule is Cc1cc(-c2onc(N)c2-c2cccs2)ccn1. The standard InChI is InChI=1S/C13H11N3OS/c1-8-7-9(4-5-15-8)12-11(13(14)16-17-12)10-3-2-6-18-10/h2-7H,1H3,(H2,14,16). The molecule has 0 saturated carbocycles. The second kappa shape index (κ2) is 4.27. The first-order valence-electron chi connectivity index (χ1n) is 5.48. The molecule has 0 aliphatic carbocycles. The Hall–Kier alpha value is -2.14. The van der Waals surface area contributed by atoms with E-state index in [4.69, 9.17) is 10.3 Å². The van der Waals surface area contributed by atoms with Gasteiger partial charge in [-0.2, -0.15) is 0 Å². The third kappa shape index (κ3) is 1.78. The number of hydrogen-bond acceptors (Lipinski definition) is 5. The van der Waals surface area contributed by atoms with Crippen molar-refractivity contribution >= 4 is 17.2 Å². The Labute approximate surface area is 108 Å². The molecule has 0 saturated heterocycles. The van der Waals surface area contributed by atoms with Crippen molar-refractivity contribution in [2.24, 2.45) is 0 Å². The second-order valence-electron chi connectivity index (χ2n) is 3.94. The molecule has 2 N–H and O–H groups in total. The van der Waals surface area contributed by atoms with Crippen LogP contribution >= 0.6 is 11.3 Å². The van der Waals surface area contributed by atoms with Crippen LogP contribution in [0.2, 0.25) is 0 Å². The highest BCUT2D eigenvalue weighted by Gasteiger charge is 2.18. The van der Waals surface area contributed by atoms with Gasteiger partial charge in [-0.15, -0.1) is 11.3 Å². The molecular weight excluding hydrogens is 246 g/mol. The van der Waals surface area contributed by atoms with Crippen molar-refractivity contribution in [3.8, 4) is 21.8 Å². The molecular formula is C13H11N3OS. The summed E-state index contributed by atoms with van der Waals surface area (Å²) in [7, 11) is 0. The van der Waals surface area contributed by atoms with Gasteiger partial charge in [0.1, 0.15) is 0 Å². The van der Waals surface area contributed by atoms with Gasteiger partial charge in [-0.3, -0.25) is 4.98 Å². The molecule has 0 aliphatic rings. The van der Waals surface area contributed by atoms with Crippen LogP contribution in [0.25, 0.3) is 21.8 Å². The Bertz CT molecular complexity index is 673. The quantitative estimate of drug-likeness (QED) is 0.764. The fraction of sp³-hybridized carbons (Fsp3) is 0.0769. The number of aryl methyl sites for hydroxylation is 1. The Kier molecular flexibility index (Phi) is 2.60. The third-order valence-corrected chi connectivity index (χ3v) is 3.53. The molecule has 90 valence electrons. The Morgan fingerprint density at radius 3 is 2.94 bits per heavy atom. The van der Waals surface area contributed by atoms with E-state index >= 15 is 0 Å². The van der Waals surface area contributed by atoms with Crippen LogP contribution < -0.4 is 5.73 Å². The average molecular weight is 257 g/mol. The predicted octanol–water partition coefficient (Wildman–Crippen LogP) is 3.36. The summed E-state index contributed by atoms with van der Waals surface area (Å²) in [6, 6.07) is 7.83. The molecule has 0 fully saturated rings. The van der Waals surface area contributed by atoms with Crippen LogP contribution in [0.15, 0.2) is 40.4 Å². The fourth-order valence-corrected chi connectivity index (χ4v) is 2.62. The average Bonchev–Trinajstić information content (AvgIpc) is 2.97. The maximum absolute atomic E-state index is 5.89. The fourth-order valence-electron chi connectivity index (χ4n) is 1.85. The zero-order valence-electron chi connectivity index (χ0n) is 9.75. The number of hydrogen-bond donors (Lipinski definition) is 1. The maximum Gasteiger partial charge on any atom is 0.177 e. The number of pyridine rings is 1. The van der Waals surface area contributed by atoms with Crippen LogP contribution in [0.1, 0.15) is 5.69 Å². The molecule has 3 heterocycles. The molecule has 3 rings (SSSR count). The molecule has 0 aromatic carbocycles. The normalized spacial score (nSPS) is 10.7. The number of nitrogens with zero attached hydrogens (tertiary/aromatic N) is 2. The highest BCUT2D eigenvalue weighted by Crippen LogP contribution is 2.38. The molecule has 5 heteroatoms. The maximum atomic E-state index is 5.89. The molecule has 0 atom stereocenters. The van der Waals surface area contributed by atoms with Crippen LogP contribution in [0, 0.1) is 6.92 Å². The van der Waals surface area contributed by atoms with Gasteiger partial charge in [0.05, 0.1) is 5.56 Å². The van der Waals surface area contributed by atoms with E-state index in [0.717, 1.165) is 21.7 Å². The Morgan fingerprint density at radius 2 is 2.22 bits per heavy atom. The van der Waals surface area contributed by atoms with Gasteiger partial charge >= 0.3 is 0 Å². The minimum absolute atomic E-state index is 0.418. The van der Waals surface area contributed by atoms with Crippen molar-refractivity contribution < 1.29 is 4.52 Å². The number of thiophene rings is 1. The lowest BCUT2D eigenvalue weighted by Crippen LogP contribution is -1.87. The van der Waals surface area contributed by atoms with E-state index in [-0.39, 0.29) is 0 Å². The van der Waals surface area contributed by atoms with Crippen molar-refractivity contribution in [1.29, 1.82) is 0 Å². The number of rotatable bonds is 2. The van der Waals surface area contributed by atoms with Crippen LogP contribution in [0.5, 0.6) is 0 Å². The minimum Gasteiger partial charge on any atom is -0.380 e. The number of nitrogen functional groups attached to an aromatic ring is 1. The van der Waals surface area contributed by atoms with Crippen molar-refractivity contribution in [3.05, 3.63) is 41.5 Å². The van der Waals surface area contributed by atoms with Gasteiger partial charge in [-0.1, -0.05) is 11.2 Å². The lowest BCUT2D eigenvalue weighted by Gasteiger charge is -2.00. The number of aromatic nitrogens is 2. The predicted molar refractivity (Wildman–Crippen MR) is 72.2 cm³/mol.